The molecule has 0 aliphatic rings. The Balaban J connectivity index is 1.97. The first kappa shape index (κ1) is 3.96. The molecule has 0 heterocycles. The van der Waals surface area contributed by atoms with Crippen molar-refractivity contribution in [2.75, 3.05) is 6.61 Å². The second-order valence-corrected chi connectivity index (χ2v) is 0.724. The Labute approximate surface area is 26.3 Å². The standard InChI is InChI=1S/C3H8O/c1-2-3-4/h4H,2-3H2,1H3/i3-1. The molecule has 0 atom stereocenters. The van der Waals surface area contributed by atoms with Crippen LogP contribution in [0, 0.1) is 0 Å². The molecule has 1 nitrogen and oxygen atoms in total. The lowest BCUT2D eigenvalue weighted by Gasteiger charge is -1.69. The summed E-state index contributed by atoms with van der Waals surface area (Å²) in [4.78, 5) is 0. The van der Waals surface area contributed by atoms with E-state index in [0.29, 0.717) is 6.61 Å². The van der Waals surface area contributed by atoms with E-state index in [2.05, 4.69) is 0 Å². The Bertz CT molecular complexity index is 5.25. The average Bonchev–Trinajstić information content (AvgIpc) is 1.37. The highest BCUT2D eigenvalue weighted by Gasteiger charge is 1.57. The van der Waals surface area contributed by atoms with E-state index in [1.807, 2.05) is 6.92 Å². The van der Waals surface area contributed by atoms with Crippen LogP contribution in [0.2, 0.25) is 0 Å². The first-order valence-electron chi connectivity index (χ1n) is 1.52. The first-order chi connectivity index (χ1) is 1.91. The minimum absolute atomic E-state index is 0.319. The molecular formula is C3H8O. The third-order valence-electron chi connectivity index (χ3n) is 0.224. The molecule has 0 amide bonds. The van der Waals surface area contributed by atoms with Crippen molar-refractivity contribution >= 4 is 0 Å². The van der Waals surface area contributed by atoms with Crippen molar-refractivity contribution in [3.8, 4) is 0 Å². The molecule has 0 aromatic rings. The second-order valence-electron chi connectivity index (χ2n) is 0.724. The highest BCUT2D eigenvalue weighted by atomic mass is 16.2. The minimum atomic E-state index is 0.319. The zero-order valence-corrected chi connectivity index (χ0v) is 2.86. The van der Waals surface area contributed by atoms with Crippen LogP contribution in [-0.4, -0.2) is 11.7 Å². The van der Waals surface area contributed by atoms with E-state index in [0.717, 1.165) is 6.42 Å². The van der Waals surface area contributed by atoms with Gasteiger partial charge in [-0.1, -0.05) is 6.92 Å². The van der Waals surface area contributed by atoms with Gasteiger partial charge in [-0.3, -0.25) is 0 Å². The molecule has 0 bridgehead atoms. The summed E-state index contributed by atoms with van der Waals surface area (Å²) in [6, 6.07) is 0. The fraction of sp³-hybridized carbons (Fsp3) is 1.00. The molecule has 0 saturated heterocycles. The lowest BCUT2D eigenvalue weighted by Crippen LogP contribution is -1.69. The van der Waals surface area contributed by atoms with E-state index in [9.17, 15) is 0 Å². The van der Waals surface area contributed by atoms with Gasteiger partial charge in [-0.05, 0) is 6.42 Å². The van der Waals surface area contributed by atoms with Gasteiger partial charge in [0.1, 0.15) is 0 Å². The van der Waals surface area contributed by atoms with Crippen LogP contribution in [0.4, 0.5) is 0 Å². The monoisotopic (exact) mass is 59.1 g/mol. The number of aliphatic hydroxyl groups is 1. The molecule has 0 radical (unpaired) electrons. The summed E-state index contributed by atoms with van der Waals surface area (Å²) in [5.74, 6) is 0. The Hall–Kier alpha value is -0.0400. The molecule has 0 unspecified atom stereocenters. The molecule has 0 aromatic carbocycles. The van der Waals surface area contributed by atoms with Gasteiger partial charge in [0.25, 0.3) is 0 Å². The van der Waals surface area contributed by atoms with Crippen molar-refractivity contribution in [2.45, 2.75) is 13.3 Å². The van der Waals surface area contributed by atoms with E-state index in [1.165, 1.54) is 0 Å². The highest BCUT2D eigenvalue weighted by Crippen LogP contribution is 1.61. The second kappa shape index (κ2) is 2.96. The van der Waals surface area contributed by atoms with Crippen molar-refractivity contribution in [3.63, 3.8) is 0 Å². The molecule has 0 rings (SSSR count). The fourth-order valence-corrected chi connectivity index (χ4v) is 0. The van der Waals surface area contributed by atoms with Crippen LogP contribution in [0.3, 0.4) is 0 Å². The van der Waals surface area contributed by atoms with E-state index < -0.39 is 0 Å². The van der Waals surface area contributed by atoms with E-state index in [4.69, 9.17) is 5.11 Å². The molecule has 4 heavy (non-hydrogen) atoms. The van der Waals surface area contributed by atoms with Crippen molar-refractivity contribution in [1.82, 2.24) is 0 Å². The van der Waals surface area contributed by atoms with Gasteiger partial charge in [-0.2, -0.15) is 0 Å². The number of aliphatic hydroxyl groups excluding tert-OH is 1. The maximum absolute atomic E-state index is 7.88. The molecule has 0 fully saturated rings. The fourth-order valence-electron chi connectivity index (χ4n) is 0. The van der Waals surface area contributed by atoms with Gasteiger partial charge in [-0.15, -0.1) is 0 Å². The summed E-state index contributed by atoms with van der Waals surface area (Å²) in [7, 11) is 0. The lowest BCUT2D eigenvalue weighted by atomic mass is 10.1. The van der Waals surface area contributed by atoms with Crippen molar-refractivity contribution in [1.29, 1.82) is 0 Å². The normalized spacial score (nSPS) is 7.50. The lowest BCUT2D eigenvalue weighted by molar-refractivity contribution is 0.295. The Morgan fingerprint density at radius 1 is 1.75 bits per heavy atom. The summed E-state index contributed by atoms with van der Waals surface area (Å²) in [6.45, 7) is 2.25. The topological polar surface area (TPSA) is 20.2 Å². The smallest absolute Gasteiger partial charge is 0.0428 e. The molecule has 1 N–H and O–H groups in total. The van der Waals surface area contributed by atoms with Crippen LogP contribution in [0.25, 0.3) is 0 Å². The van der Waals surface area contributed by atoms with Gasteiger partial charge in [0.15, 0.2) is 0 Å². The average molecular weight is 59.1 g/mol. The van der Waals surface area contributed by atoms with Crippen molar-refractivity contribution < 1.29 is 5.11 Å². The van der Waals surface area contributed by atoms with Crippen LogP contribution in [0.1, 0.15) is 13.3 Å². The highest BCUT2D eigenvalue weighted by molar-refractivity contribution is 4.10. The molecule has 0 aliphatic carbocycles. The summed E-state index contributed by atoms with van der Waals surface area (Å²) in [5.41, 5.74) is 0. The quantitative estimate of drug-likeness (QED) is 0.463. The summed E-state index contributed by atoms with van der Waals surface area (Å²) in [6.07, 6.45) is 0.875. The summed E-state index contributed by atoms with van der Waals surface area (Å²) in [5, 5.41) is 7.88. The van der Waals surface area contributed by atoms with Crippen LogP contribution in [-0.2, 0) is 0 Å². The van der Waals surface area contributed by atoms with Gasteiger partial charge >= 0.3 is 0 Å². The third-order valence-corrected chi connectivity index (χ3v) is 0.224. The molecular weight excluding hydrogens is 51.0 g/mol. The predicted octanol–water partition coefficient (Wildman–Crippen LogP) is 0.389. The molecule has 0 aromatic heterocycles. The van der Waals surface area contributed by atoms with Gasteiger partial charge in [-0.25, -0.2) is 0 Å². The van der Waals surface area contributed by atoms with Gasteiger partial charge in [0.05, 0.1) is 0 Å². The molecule has 0 saturated carbocycles. The van der Waals surface area contributed by atoms with Gasteiger partial charge in [0.2, 0.25) is 0 Å². The zero-order chi connectivity index (χ0) is 3.41. The SMILES string of the molecule is CC[11CH2]O. The van der Waals surface area contributed by atoms with E-state index >= 15 is 0 Å². The van der Waals surface area contributed by atoms with Crippen LogP contribution in [0.15, 0.2) is 0 Å². The molecule has 0 aliphatic heterocycles. The van der Waals surface area contributed by atoms with Gasteiger partial charge < -0.3 is 5.11 Å². The molecule has 1 heteroatoms. The number of rotatable bonds is 1. The Morgan fingerprint density at radius 2 is 2.00 bits per heavy atom. The van der Waals surface area contributed by atoms with Crippen LogP contribution in [0.5, 0.6) is 0 Å². The first-order valence-corrected chi connectivity index (χ1v) is 1.52. The molecule has 0 spiro atoms. The maximum atomic E-state index is 7.88. The minimum Gasteiger partial charge on any atom is -0.396 e. The number of hydrogen-bond donors (Lipinski definition) is 1. The largest absolute Gasteiger partial charge is 0.396 e. The summed E-state index contributed by atoms with van der Waals surface area (Å²) < 4.78 is 0. The Morgan fingerprint density at radius 3 is 2.00 bits per heavy atom. The van der Waals surface area contributed by atoms with Crippen LogP contribution >= 0.6 is 0 Å². The zero-order valence-electron chi connectivity index (χ0n) is 2.86. The van der Waals surface area contributed by atoms with Crippen molar-refractivity contribution in [2.24, 2.45) is 0 Å². The van der Waals surface area contributed by atoms with E-state index in [1.54, 1.807) is 0 Å². The van der Waals surface area contributed by atoms with Crippen LogP contribution < -0.4 is 0 Å². The van der Waals surface area contributed by atoms with Crippen molar-refractivity contribution in [3.05, 3.63) is 0 Å². The maximum Gasteiger partial charge on any atom is 0.0428 e. The summed E-state index contributed by atoms with van der Waals surface area (Å²) >= 11 is 0. The predicted molar refractivity (Wildman–Crippen MR) is 17.4 cm³/mol. The van der Waals surface area contributed by atoms with E-state index in [-0.39, 0.29) is 0 Å². The Kier molecular flexibility index (Phi) is 2.93. The van der Waals surface area contributed by atoms with Gasteiger partial charge in [0, 0.05) is 6.61 Å². The molecule has 26 valence electrons. The number of hydrogen-bond acceptors (Lipinski definition) is 1. The third kappa shape index (κ3) is 1.96.